The number of alkyl halides is 3. The Labute approximate surface area is 195 Å². The molecule has 0 amide bonds. The number of rotatable bonds is 6. The van der Waals surface area contributed by atoms with Crippen LogP contribution in [0.1, 0.15) is 46.0 Å². The molecule has 3 heterocycles. The predicted molar refractivity (Wildman–Crippen MR) is 122 cm³/mol. The first-order valence-electron chi connectivity index (χ1n) is 10.5. The molecule has 0 saturated heterocycles. The summed E-state index contributed by atoms with van der Waals surface area (Å²) in [5.74, 6) is 0.271. The Morgan fingerprint density at radius 1 is 0.912 bits per heavy atom. The number of nitrogens with zero attached hydrogens (tertiary/aromatic N) is 6. The lowest BCUT2D eigenvalue weighted by Crippen LogP contribution is -2.21. The second-order valence-electron chi connectivity index (χ2n) is 9.42. The Morgan fingerprint density at radius 2 is 1.62 bits per heavy atom. The zero-order valence-corrected chi connectivity index (χ0v) is 19.5. The number of hydrogen-bond acceptors (Lipinski definition) is 8. The van der Waals surface area contributed by atoms with Gasteiger partial charge in [0.05, 0.1) is 17.2 Å². The van der Waals surface area contributed by atoms with E-state index in [-0.39, 0.29) is 28.8 Å². The molecule has 0 saturated carbocycles. The summed E-state index contributed by atoms with van der Waals surface area (Å²) in [5.41, 5.74) is -0.896. The first-order chi connectivity index (χ1) is 15.8. The molecule has 0 unspecified atom stereocenters. The van der Waals surface area contributed by atoms with Crippen LogP contribution in [0.2, 0.25) is 0 Å². The van der Waals surface area contributed by atoms with Gasteiger partial charge in [0, 0.05) is 18.4 Å². The minimum atomic E-state index is -4.60. The van der Waals surface area contributed by atoms with E-state index in [4.69, 9.17) is 0 Å². The van der Waals surface area contributed by atoms with Crippen LogP contribution in [0.5, 0.6) is 0 Å². The molecule has 3 rings (SSSR count). The highest BCUT2D eigenvalue weighted by atomic mass is 19.4. The SMILES string of the molecule is CC(C)(C)CNc1nc(Nc2ccnc(C(C)(C)C#N)c2)nc(-c2cccc(C(F)(F)F)n2)n1. The third kappa shape index (κ3) is 6.37. The van der Waals surface area contributed by atoms with Crippen LogP contribution >= 0.6 is 0 Å². The maximum Gasteiger partial charge on any atom is 0.433 e. The Balaban J connectivity index is 2.03. The average Bonchev–Trinajstić information content (AvgIpc) is 2.77. The van der Waals surface area contributed by atoms with Gasteiger partial charge in [-0.25, -0.2) is 4.98 Å². The van der Waals surface area contributed by atoms with Crippen LogP contribution in [0.15, 0.2) is 36.5 Å². The molecule has 0 spiro atoms. The highest BCUT2D eigenvalue weighted by Crippen LogP contribution is 2.29. The molecule has 0 aromatic carbocycles. The van der Waals surface area contributed by atoms with Crippen LogP contribution in [0, 0.1) is 16.7 Å². The molecule has 0 bridgehead atoms. The highest BCUT2D eigenvalue weighted by molar-refractivity contribution is 5.59. The average molecular weight is 471 g/mol. The quantitative estimate of drug-likeness (QED) is 0.496. The minimum absolute atomic E-state index is 0.0216. The molecular weight excluding hydrogens is 445 g/mol. The first kappa shape index (κ1) is 24.8. The maximum absolute atomic E-state index is 13.2. The summed E-state index contributed by atoms with van der Waals surface area (Å²) in [6.45, 7) is 10.1. The normalized spacial score (nSPS) is 12.2. The summed E-state index contributed by atoms with van der Waals surface area (Å²) >= 11 is 0. The van der Waals surface area contributed by atoms with Gasteiger partial charge < -0.3 is 10.6 Å². The van der Waals surface area contributed by atoms with Crippen molar-refractivity contribution in [1.82, 2.24) is 24.9 Å². The van der Waals surface area contributed by atoms with Gasteiger partial charge in [-0.2, -0.15) is 33.4 Å². The molecule has 11 heteroatoms. The fourth-order valence-corrected chi connectivity index (χ4v) is 2.72. The molecule has 0 aliphatic rings. The molecule has 2 N–H and O–H groups in total. The molecule has 0 radical (unpaired) electrons. The van der Waals surface area contributed by atoms with E-state index in [2.05, 4.69) is 41.6 Å². The number of aromatic nitrogens is 5. The molecule has 3 aromatic rings. The van der Waals surface area contributed by atoms with Crippen molar-refractivity contribution in [3.63, 3.8) is 0 Å². The summed E-state index contributed by atoms with van der Waals surface area (Å²) in [4.78, 5) is 20.9. The summed E-state index contributed by atoms with van der Waals surface area (Å²) in [6.07, 6.45) is -3.05. The van der Waals surface area contributed by atoms with E-state index in [1.165, 1.54) is 12.1 Å². The molecule has 0 atom stereocenters. The summed E-state index contributed by atoms with van der Waals surface area (Å²) in [5, 5.41) is 15.5. The lowest BCUT2D eigenvalue weighted by Gasteiger charge is -2.19. The number of nitrogens with one attached hydrogen (secondary N) is 2. The Morgan fingerprint density at radius 3 is 2.26 bits per heavy atom. The van der Waals surface area contributed by atoms with Gasteiger partial charge in [0.25, 0.3) is 0 Å². The van der Waals surface area contributed by atoms with Crippen LogP contribution in [-0.4, -0.2) is 31.5 Å². The first-order valence-corrected chi connectivity index (χ1v) is 10.5. The van der Waals surface area contributed by atoms with E-state index in [0.29, 0.717) is 17.9 Å². The van der Waals surface area contributed by atoms with Gasteiger partial charge in [0.1, 0.15) is 11.4 Å². The van der Waals surface area contributed by atoms with E-state index in [1.807, 2.05) is 20.8 Å². The monoisotopic (exact) mass is 470 g/mol. The molecule has 34 heavy (non-hydrogen) atoms. The molecule has 178 valence electrons. The van der Waals surface area contributed by atoms with Gasteiger partial charge in [0.2, 0.25) is 11.9 Å². The minimum Gasteiger partial charge on any atom is -0.354 e. The van der Waals surface area contributed by atoms with Gasteiger partial charge >= 0.3 is 6.18 Å². The molecule has 0 aliphatic heterocycles. The summed E-state index contributed by atoms with van der Waals surface area (Å²) in [6, 6.07) is 9.10. The number of anilines is 3. The van der Waals surface area contributed by atoms with Crippen molar-refractivity contribution in [2.24, 2.45) is 5.41 Å². The summed E-state index contributed by atoms with van der Waals surface area (Å²) < 4.78 is 39.5. The molecule has 3 aromatic heterocycles. The number of pyridine rings is 2. The van der Waals surface area contributed by atoms with Gasteiger partial charge in [-0.15, -0.1) is 0 Å². The van der Waals surface area contributed by atoms with E-state index in [0.717, 1.165) is 6.07 Å². The van der Waals surface area contributed by atoms with Crippen LogP contribution in [0.4, 0.5) is 30.8 Å². The smallest absolute Gasteiger partial charge is 0.354 e. The fraction of sp³-hybridized carbons (Fsp3) is 0.391. The van der Waals surface area contributed by atoms with Gasteiger partial charge in [0.15, 0.2) is 5.82 Å². The third-order valence-corrected chi connectivity index (χ3v) is 4.62. The van der Waals surface area contributed by atoms with Crippen LogP contribution < -0.4 is 10.6 Å². The predicted octanol–water partition coefficient (Wildman–Crippen LogP) is 5.35. The van der Waals surface area contributed by atoms with Gasteiger partial charge in [-0.05, 0) is 43.5 Å². The van der Waals surface area contributed by atoms with Crippen molar-refractivity contribution in [2.75, 3.05) is 17.2 Å². The Bertz CT molecular complexity index is 1210. The second kappa shape index (κ2) is 9.21. The molecular formula is C23H25F3N8. The second-order valence-corrected chi connectivity index (χ2v) is 9.42. The Kier molecular flexibility index (Phi) is 6.72. The lowest BCUT2D eigenvalue weighted by molar-refractivity contribution is -0.141. The Hall–Kier alpha value is -3.81. The number of hydrogen-bond donors (Lipinski definition) is 2. The topological polar surface area (TPSA) is 112 Å². The standard InChI is InChI=1S/C23H25F3N8/c1-21(2,3)13-29-19-32-18(15-7-6-8-16(31-15)23(24,25)26)33-20(34-19)30-14-9-10-28-17(11-14)22(4,5)12-27/h6-11H,13H2,1-5H3,(H2,28,29,30,32,33,34). The van der Waals surface area contributed by atoms with Crippen LogP contribution in [0.3, 0.4) is 0 Å². The number of nitriles is 1. The number of halogens is 3. The molecule has 8 nitrogen and oxygen atoms in total. The van der Waals surface area contributed by atoms with E-state index < -0.39 is 17.3 Å². The van der Waals surface area contributed by atoms with Crippen molar-refractivity contribution >= 4 is 17.6 Å². The maximum atomic E-state index is 13.2. The van der Waals surface area contributed by atoms with Crippen molar-refractivity contribution in [3.05, 3.63) is 47.9 Å². The van der Waals surface area contributed by atoms with Gasteiger partial charge in [-0.1, -0.05) is 26.8 Å². The zero-order valence-electron chi connectivity index (χ0n) is 19.5. The van der Waals surface area contributed by atoms with E-state index in [1.54, 1.807) is 32.2 Å². The lowest BCUT2D eigenvalue weighted by atomic mass is 9.91. The highest BCUT2D eigenvalue weighted by Gasteiger charge is 2.32. The summed E-state index contributed by atoms with van der Waals surface area (Å²) in [7, 11) is 0. The molecule has 0 fully saturated rings. The van der Waals surface area contributed by atoms with Crippen molar-refractivity contribution in [2.45, 2.75) is 46.2 Å². The van der Waals surface area contributed by atoms with Crippen LogP contribution in [0.25, 0.3) is 11.5 Å². The third-order valence-electron chi connectivity index (χ3n) is 4.62. The van der Waals surface area contributed by atoms with Crippen LogP contribution in [-0.2, 0) is 11.6 Å². The van der Waals surface area contributed by atoms with Crippen molar-refractivity contribution in [3.8, 4) is 17.6 Å². The van der Waals surface area contributed by atoms with Crippen molar-refractivity contribution < 1.29 is 13.2 Å². The van der Waals surface area contributed by atoms with Crippen molar-refractivity contribution in [1.29, 1.82) is 5.26 Å². The van der Waals surface area contributed by atoms with Gasteiger partial charge in [-0.3, -0.25) is 4.98 Å². The molecule has 0 aliphatic carbocycles. The largest absolute Gasteiger partial charge is 0.433 e. The van der Waals surface area contributed by atoms with E-state index >= 15 is 0 Å². The van der Waals surface area contributed by atoms with E-state index in [9.17, 15) is 18.4 Å². The fourth-order valence-electron chi connectivity index (χ4n) is 2.72. The zero-order chi connectivity index (χ0) is 25.1.